The summed E-state index contributed by atoms with van der Waals surface area (Å²) < 4.78 is 10.6. The Morgan fingerprint density at radius 3 is 2.56 bits per heavy atom. The van der Waals surface area contributed by atoms with E-state index < -0.39 is 0 Å². The molecule has 0 saturated heterocycles. The molecule has 1 aromatic rings. The molecule has 0 radical (unpaired) electrons. The first-order valence-electron chi connectivity index (χ1n) is 8.75. The Morgan fingerprint density at radius 2 is 1.96 bits per heavy atom. The van der Waals surface area contributed by atoms with Crippen molar-refractivity contribution in [1.82, 2.24) is 16.2 Å². The molecule has 142 valence electrons. The molecule has 6 nitrogen and oxygen atoms in total. The molecule has 2 rings (SSSR count). The minimum Gasteiger partial charge on any atom is -0.497 e. The van der Waals surface area contributed by atoms with E-state index in [1.165, 1.54) is 5.57 Å². The van der Waals surface area contributed by atoms with Gasteiger partial charge in [0.1, 0.15) is 11.5 Å². The zero-order valence-corrected chi connectivity index (χ0v) is 16.3. The summed E-state index contributed by atoms with van der Waals surface area (Å²) in [5.41, 5.74) is 8.36. The van der Waals surface area contributed by atoms with Crippen LogP contribution in [-0.4, -0.2) is 38.6 Å². The Hall–Kier alpha value is -1.60. The van der Waals surface area contributed by atoms with Crippen LogP contribution >= 0.6 is 0 Å². The van der Waals surface area contributed by atoms with E-state index in [9.17, 15) is 5.11 Å². The number of ether oxygens (including phenoxy) is 2. The number of hydrogen-bond acceptors (Lipinski definition) is 6. The molecule has 1 aliphatic rings. The fraction of sp³-hybridized carbons (Fsp3) is 0.579. The predicted molar refractivity (Wildman–Crippen MR) is 102 cm³/mol. The lowest BCUT2D eigenvalue weighted by Gasteiger charge is -2.32. The van der Waals surface area contributed by atoms with Gasteiger partial charge in [0.25, 0.3) is 0 Å². The summed E-state index contributed by atoms with van der Waals surface area (Å²) in [6, 6.07) is 5.78. The minimum absolute atomic E-state index is 0.0172. The lowest BCUT2D eigenvalue weighted by molar-refractivity contribution is 0.182. The van der Waals surface area contributed by atoms with Crippen LogP contribution in [0, 0.1) is 5.41 Å². The molecule has 0 saturated carbocycles. The molecule has 1 atom stereocenters. The standard InChI is InChI=1S/C17H27N3O3.C2H6/c1-17(2,11-21)13-7-16(20-19-10-13)18-9-12-5-6-14(22-3)8-15(12)23-4;1-2/h5-8,16,18-21H,9-11H2,1-4H3;1-2H3. The lowest BCUT2D eigenvalue weighted by Crippen LogP contribution is -2.53. The third kappa shape index (κ3) is 6.01. The van der Waals surface area contributed by atoms with E-state index in [-0.39, 0.29) is 18.2 Å². The van der Waals surface area contributed by atoms with Gasteiger partial charge in [-0.05, 0) is 11.6 Å². The van der Waals surface area contributed by atoms with E-state index in [2.05, 4.69) is 22.2 Å². The Morgan fingerprint density at radius 1 is 1.24 bits per heavy atom. The van der Waals surface area contributed by atoms with Crippen molar-refractivity contribution in [3.05, 3.63) is 35.4 Å². The third-order valence-corrected chi connectivity index (χ3v) is 4.18. The average Bonchev–Trinajstić information content (AvgIpc) is 2.68. The van der Waals surface area contributed by atoms with Gasteiger partial charge in [-0.1, -0.05) is 39.8 Å². The summed E-state index contributed by atoms with van der Waals surface area (Å²) in [4.78, 5) is 0. The molecule has 1 aromatic carbocycles. The molecule has 1 aliphatic heterocycles. The van der Waals surface area contributed by atoms with Crippen LogP contribution < -0.4 is 25.6 Å². The summed E-state index contributed by atoms with van der Waals surface area (Å²) in [5, 5.41) is 12.9. The van der Waals surface area contributed by atoms with Gasteiger partial charge >= 0.3 is 0 Å². The normalized spacial score (nSPS) is 17.2. The predicted octanol–water partition coefficient (Wildman–Crippen LogP) is 2.20. The van der Waals surface area contributed by atoms with Gasteiger partial charge in [0.05, 0.1) is 27.0 Å². The molecule has 0 amide bonds. The fourth-order valence-electron chi connectivity index (χ4n) is 2.45. The number of hydrogen-bond donors (Lipinski definition) is 4. The van der Waals surface area contributed by atoms with E-state index in [0.717, 1.165) is 23.6 Å². The molecular weight excluding hydrogens is 318 g/mol. The van der Waals surface area contributed by atoms with Crippen LogP contribution in [0.25, 0.3) is 0 Å². The molecule has 25 heavy (non-hydrogen) atoms. The van der Waals surface area contributed by atoms with Crippen molar-refractivity contribution in [3.63, 3.8) is 0 Å². The molecule has 0 aliphatic carbocycles. The zero-order chi connectivity index (χ0) is 18.9. The second kappa shape index (κ2) is 10.4. The monoisotopic (exact) mass is 351 g/mol. The number of rotatable bonds is 7. The number of methoxy groups -OCH3 is 2. The highest BCUT2D eigenvalue weighted by Crippen LogP contribution is 2.27. The van der Waals surface area contributed by atoms with E-state index in [1.807, 2.05) is 45.9 Å². The Kier molecular flexibility index (Phi) is 8.92. The molecular formula is C19H33N3O3. The van der Waals surface area contributed by atoms with Crippen LogP contribution in [0.2, 0.25) is 0 Å². The van der Waals surface area contributed by atoms with Gasteiger partial charge in [0, 0.05) is 30.1 Å². The minimum atomic E-state index is -0.229. The quantitative estimate of drug-likeness (QED) is 0.565. The number of aliphatic hydroxyl groups excluding tert-OH is 1. The van der Waals surface area contributed by atoms with Crippen molar-refractivity contribution < 1.29 is 14.6 Å². The molecule has 6 heteroatoms. The van der Waals surface area contributed by atoms with Gasteiger partial charge in [0.15, 0.2) is 0 Å². The number of nitrogens with one attached hydrogen (secondary N) is 3. The largest absolute Gasteiger partial charge is 0.497 e. The first kappa shape index (κ1) is 21.4. The summed E-state index contributed by atoms with van der Waals surface area (Å²) in [7, 11) is 3.29. The Balaban J connectivity index is 0.00000151. The molecule has 0 spiro atoms. The van der Waals surface area contributed by atoms with Crippen LogP contribution in [-0.2, 0) is 6.54 Å². The molecule has 0 fully saturated rings. The van der Waals surface area contributed by atoms with E-state index in [0.29, 0.717) is 6.54 Å². The maximum absolute atomic E-state index is 9.52. The Bertz CT molecular complexity index is 559. The second-order valence-electron chi connectivity index (χ2n) is 6.27. The highest BCUT2D eigenvalue weighted by atomic mass is 16.5. The smallest absolute Gasteiger partial charge is 0.127 e. The maximum atomic E-state index is 9.52. The zero-order valence-electron chi connectivity index (χ0n) is 16.3. The highest BCUT2D eigenvalue weighted by molar-refractivity contribution is 5.40. The van der Waals surface area contributed by atoms with Crippen LogP contribution in [0.1, 0.15) is 33.3 Å². The Labute approximate surface area is 151 Å². The third-order valence-electron chi connectivity index (χ3n) is 4.18. The second-order valence-corrected chi connectivity index (χ2v) is 6.27. The van der Waals surface area contributed by atoms with E-state index in [4.69, 9.17) is 9.47 Å². The van der Waals surface area contributed by atoms with Gasteiger partial charge < -0.3 is 14.6 Å². The fourth-order valence-corrected chi connectivity index (χ4v) is 2.45. The van der Waals surface area contributed by atoms with Gasteiger partial charge in [-0.25, -0.2) is 5.43 Å². The first-order chi connectivity index (χ1) is 12.0. The van der Waals surface area contributed by atoms with Crippen molar-refractivity contribution >= 4 is 0 Å². The van der Waals surface area contributed by atoms with Gasteiger partial charge in [-0.15, -0.1) is 0 Å². The molecule has 1 unspecified atom stereocenters. The topological polar surface area (TPSA) is 74.8 Å². The van der Waals surface area contributed by atoms with Gasteiger partial charge in [-0.3, -0.25) is 10.7 Å². The summed E-state index contributed by atoms with van der Waals surface area (Å²) in [5.74, 6) is 1.57. The van der Waals surface area contributed by atoms with Crippen LogP contribution in [0.3, 0.4) is 0 Å². The van der Waals surface area contributed by atoms with Gasteiger partial charge in [0.2, 0.25) is 0 Å². The van der Waals surface area contributed by atoms with Crippen LogP contribution in [0.5, 0.6) is 11.5 Å². The van der Waals surface area contributed by atoms with E-state index in [1.54, 1.807) is 14.2 Å². The van der Waals surface area contributed by atoms with Crippen molar-refractivity contribution in [3.8, 4) is 11.5 Å². The lowest BCUT2D eigenvalue weighted by atomic mass is 9.84. The number of aliphatic hydroxyl groups is 1. The molecule has 0 aromatic heterocycles. The van der Waals surface area contributed by atoms with Gasteiger partial charge in [-0.2, -0.15) is 0 Å². The van der Waals surface area contributed by atoms with Crippen molar-refractivity contribution in [2.24, 2.45) is 5.41 Å². The van der Waals surface area contributed by atoms with Crippen molar-refractivity contribution in [2.75, 3.05) is 27.4 Å². The SMILES string of the molecule is CC.COc1ccc(CNC2C=C(C(C)(C)CO)CNN2)c(OC)c1. The maximum Gasteiger partial charge on any atom is 0.127 e. The number of benzene rings is 1. The first-order valence-corrected chi connectivity index (χ1v) is 8.75. The summed E-state index contributed by atoms with van der Waals surface area (Å²) in [6.07, 6.45) is 2.11. The van der Waals surface area contributed by atoms with Crippen LogP contribution in [0.4, 0.5) is 0 Å². The average molecular weight is 351 g/mol. The van der Waals surface area contributed by atoms with E-state index >= 15 is 0 Å². The molecule has 1 heterocycles. The van der Waals surface area contributed by atoms with Crippen molar-refractivity contribution in [1.29, 1.82) is 0 Å². The number of hydrazine groups is 1. The summed E-state index contributed by atoms with van der Waals surface area (Å²) >= 11 is 0. The molecule has 4 N–H and O–H groups in total. The molecule has 0 bridgehead atoms. The van der Waals surface area contributed by atoms with Crippen LogP contribution in [0.15, 0.2) is 29.8 Å². The summed E-state index contributed by atoms with van der Waals surface area (Å²) in [6.45, 7) is 9.57. The van der Waals surface area contributed by atoms with Crippen molar-refractivity contribution in [2.45, 2.75) is 40.4 Å². The highest BCUT2D eigenvalue weighted by Gasteiger charge is 2.25.